The molecule has 0 aliphatic carbocycles. The lowest BCUT2D eigenvalue weighted by Crippen LogP contribution is -2.20. The van der Waals surface area contributed by atoms with Gasteiger partial charge in [0.25, 0.3) is 0 Å². The van der Waals surface area contributed by atoms with Crippen LogP contribution in [0, 0.1) is 0 Å². The Labute approximate surface area is 134 Å². The van der Waals surface area contributed by atoms with Crippen LogP contribution in [0.1, 0.15) is 25.5 Å². The number of nitrogens with zero attached hydrogens (tertiary/aromatic N) is 1. The number of pyridine rings is 1. The number of rotatable bonds is 6. The van der Waals surface area contributed by atoms with Crippen molar-refractivity contribution in [2.24, 2.45) is 0 Å². The summed E-state index contributed by atoms with van der Waals surface area (Å²) in [4.78, 5) is 4.10. The molecule has 0 N–H and O–H groups in total. The summed E-state index contributed by atoms with van der Waals surface area (Å²) in [5.41, 5.74) is 0.908. The van der Waals surface area contributed by atoms with Crippen molar-refractivity contribution in [1.82, 2.24) is 4.98 Å². The number of halogens is 2. The second-order valence-electron chi connectivity index (χ2n) is 4.73. The molecule has 2 atom stereocenters. The van der Waals surface area contributed by atoms with Gasteiger partial charge in [-0.25, -0.2) is 4.98 Å². The fourth-order valence-electron chi connectivity index (χ4n) is 1.93. The first-order valence-corrected chi connectivity index (χ1v) is 7.46. The molecule has 0 radical (unpaired) electrons. The van der Waals surface area contributed by atoms with Gasteiger partial charge in [0.2, 0.25) is 5.88 Å². The summed E-state index contributed by atoms with van der Waals surface area (Å²) in [6, 6.07) is 10.9. The predicted octanol–water partition coefficient (Wildman–Crippen LogP) is 4.93. The van der Waals surface area contributed by atoms with E-state index in [0.29, 0.717) is 22.5 Å². The average molecular weight is 326 g/mol. The molecule has 0 bridgehead atoms. The molecule has 0 amide bonds. The lowest BCUT2D eigenvalue weighted by molar-refractivity contribution is -0.0171. The standard InChI is InChI=1S/C16H17Cl2NO2/c1-11(10-20-16-5-3-4-8-19-16)21-12(2)14-7-6-13(17)9-15(14)18/h3-9,11-12H,10H2,1-2H3. The summed E-state index contributed by atoms with van der Waals surface area (Å²) in [7, 11) is 0. The highest BCUT2D eigenvalue weighted by Crippen LogP contribution is 2.28. The summed E-state index contributed by atoms with van der Waals surface area (Å²) in [6.45, 7) is 4.32. The SMILES string of the molecule is CC(COc1ccccn1)OC(C)c1ccc(Cl)cc1Cl. The maximum absolute atomic E-state index is 6.18. The predicted molar refractivity (Wildman–Crippen MR) is 85.2 cm³/mol. The summed E-state index contributed by atoms with van der Waals surface area (Å²) in [5.74, 6) is 0.588. The molecule has 2 rings (SSSR count). The Bertz CT molecular complexity index is 578. The van der Waals surface area contributed by atoms with Crippen molar-refractivity contribution in [3.63, 3.8) is 0 Å². The average Bonchev–Trinajstić information content (AvgIpc) is 2.46. The Morgan fingerprint density at radius 1 is 1.14 bits per heavy atom. The molecular formula is C16H17Cl2NO2. The summed E-state index contributed by atoms with van der Waals surface area (Å²) in [6.07, 6.45) is 1.46. The first kappa shape index (κ1) is 16.1. The highest BCUT2D eigenvalue weighted by molar-refractivity contribution is 6.35. The van der Waals surface area contributed by atoms with Gasteiger partial charge in [-0.05, 0) is 37.6 Å². The highest BCUT2D eigenvalue weighted by atomic mass is 35.5. The molecule has 21 heavy (non-hydrogen) atoms. The molecule has 2 unspecified atom stereocenters. The van der Waals surface area contributed by atoms with Crippen molar-refractivity contribution >= 4 is 23.2 Å². The molecule has 0 spiro atoms. The smallest absolute Gasteiger partial charge is 0.213 e. The van der Waals surface area contributed by atoms with Crippen LogP contribution in [0.15, 0.2) is 42.6 Å². The first-order chi connectivity index (χ1) is 10.1. The molecule has 1 aromatic heterocycles. The molecule has 0 aliphatic heterocycles. The largest absolute Gasteiger partial charge is 0.475 e. The highest BCUT2D eigenvalue weighted by Gasteiger charge is 2.14. The van der Waals surface area contributed by atoms with Crippen LogP contribution in [0.3, 0.4) is 0 Å². The summed E-state index contributed by atoms with van der Waals surface area (Å²) < 4.78 is 11.5. The summed E-state index contributed by atoms with van der Waals surface area (Å²) in [5, 5.41) is 1.22. The second-order valence-corrected chi connectivity index (χ2v) is 5.58. The molecule has 0 saturated carbocycles. The molecule has 3 nitrogen and oxygen atoms in total. The molecule has 0 fully saturated rings. The van der Waals surface area contributed by atoms with Crippen LogP contribution in [0.25, 0.3) is 0 Å². The van der Waals surface area contributed by atoms with Crippen molar-refractivity contribution < 1.29 is 9.47 Å². The quantitative estimate of drug-likeness (QED) is 0.754. The lowest BCUT2D eigenvalue weighted by Gasteiger charge is -2.20. The minimum absolute atomic E-state index is 0.0891. The van der Waals surface area contributed by atoms with E-state index >= 15 is 0 Å². The van der Waals surface area contributed by atoms with Crippen molar-refractivity contribution in [3.8, 4) is 5.88 Å². The van der Waals surface area contributed by atoms with Crippen LogP contribution < -0.4 is 4.74 Å². The van der Waals surface area contributed by atoms with Gasteiger partial charge in [0.05, 0.1) is 12.2 Å². The topological polar surface area (TPSA) is 31.4 Å². The maximum Gasteiger partial charge on any atom is 0.213 e. The Balaban J connectivity index is 1.88. The zero-order valence-corrected chi connectivity index (χ0v) is 13.4. The van der Waals surface area contributed by atoms with Gasteiger partial charge < -0.3 is 9.47 Å². The molecule has 0 saturated heterocycles. The maximum atomic E-state index is 6.18. The van der Waals surface area contributed by atoms with Crippen LogP contribution in [0.2, 0.25) is 10.0 Å². The van der Waals surface area contributed by atoms with Crippen molar-refractivity contribution in [2.45, 2.75) is 26.1 Å². The van der Waals surface area contributed by atoms with Gasteiger partial charge in [-0.3, -0.25) is 0 Å². The van der Waals surface area contributed by atoms with E-state index in [1.807, 2.05) is 38.1 Å². The lowest BCUT2D eigenvalue weighted by atomic mass is 10.1. The van der Waals surface area contributed by atoms with Gasteiger partial charge >= 0.3 is 0 Å². The van der Waals surface area contributed by atoms with Gasteiger partial charge in [-0.2, -0.15) is 0 Å². The minimum atomic E-state index is -0.142. The van der Waals surface area contributed by atoms with E-state index in [0.717, 1.165) is 5.56 Å². The van der Waals surface area contributed by atoms with Crippen LogP contribution in [-0.2, 0) is 4.74 Å². The molecule has 2 aromatic rings. The van der Waals surface area contributed by atoms with E-state index in [9.17, 15) is 0 Å². The molecule has 112 valence electrons. The fourth-order valence-corrected chi connectivity index (χ4v) is 2.49. The van der Waals surface area contributed by atoms with E-state index in [1.165, 1.54) is 0 Å². The number of benzene rings is 1. The molecule has 1 aromatic carbocycles. The number of hydrogen-bond acceptors (Lipinski definition) is 3. The first-order valence-electron chi connectivity index (χ1n) is 6.70. The third kappa shape index (κ3) is 4.88. The number of hydrogen-bond donors (Lipinski definition) is 0. The van der Waals surface area contributed by atoms with Gasteiger partial charge in [-0.15, -0.1) is 0 Å². The molecular weight excluding hydrogens is 309 g/mol. The van der Waals surface area contributed by atoms with Crippen molar-refractivity contribution in [3.05, 3.63) is 58.2 Å². The third-order valence-corrected chi connectivity index (χ3v) is 3.50. The van der Waals surface area contributed by atoms with Crippen LogP contribution in [0.4, 0.5) is 0 Å². The Morgan fingerprint density at radius 3 is 2.62 bits per heavy atom. The van der Waals surface area contributed by atoms with Gasteiger partial charge in [0.15, 0.2) is 0 Å². The zero-order valence-electron chi connectivity index (χ0n) is 11.9. The Hall–Kier alpha value is -1.29. The molecule has 0 aliphatic rings. The molecule has 5 heteroatoms. The van der Waals surface area contributed by atoms with Gasteiger partial charge in [0.1, 0.15) is 6.61 Å². The van der Waals surface area contributed by atoms with Crippen LogP contribution >= 0.6 is 23.2 Å². The second kappa shape index (κ2) is 7.64. The third-order valence-electron chi connectivity index (χ3n) is 2.94. The van der Waals surface area contributed by atoms with Crippen molar-refractivity contribution in [1.29, 1.82) is 0 Å². The van der Waals surface area contributed by atoms with Crippen molar-refractivity contribution in [2.75, 3.05) is 6.61 Å². The molecule has 1 heterocycles. The van der Waals surface area contributed by atoms with E-state index in [4.69, 9.17) is 32.7 Å². The van der Waals surface area contributed by atoms with E-state index < -0.39 is 0 Å². The minimum Gasteiger partial charge on any atom is -0.475 e. The van der Waals surface area contributed by atoms with Gasteiger partial charge in [0, 0.05) is 22.3 Å². The van der Waals surface area contributed by atoms with E-state index in [1.54, 1.807) is 18.3 Å². The van der Waals surface area contributed by atoms with Crippen LogP contribution in [0.5, 0.6) is 5.88 Å². The fraction of sp³-hybridized carbons (Fsp3) is 0.312. The van der Waals surface area contributed by atoms with E-state index in [-0.39, 0.29) is 12.2 Å². The Morgan fingerprint density at radius 2 is 1.95 bits per heavy atom. The van der Waals surface area contributed by atoms with Gasteiger partial charge in [-0.1, -0.05) is 35.3 Å². The normalized spacial score (nSPS) is 13.7. The number of aromatic nitrogens is 1. The monoisotopic (exact) mass is 325 g/mol. The number of ether oxygens (including phenoxy) is 2. The van der Waals surface area contributed by atoms with Crippen LogP contribution in [-0.4, -0.2) is 17.7 Å². The zero-order chi connectivity index (χ0) is 15.2. The van der Waals surface area contributed by atoms with E-state index in [2.05, 4.69) is 4.98 Å². The summed E-state index contributed by atoms with van der Waals surface area (Å²) >= 11 is 12.1. The Kier molecular flexibility index (Phi) is 5.85.